The lowest BCUT2D eigenvalue weighted by atomic mass is 10.1. The zero-order chi connectivity index (χ0) is 13.6. The zero-order valence-corrected chi connectivity index (χ0v) is 10.4. The van der Waals surface area contributed by atoms with Crippen molar-refractivity contribution in [3.8, 4) is 0 Å². The molecule has 3 N–H and O–H groups in total. The van der Waals surface area contributed by atoms with E-state index >= 15 is 0 Å². The number of nitrogens with two attached hydrogens (primary N) is 1. The Bertz CT molecular complexity index is 691. The highest BCUT2D eigenvalue weighted by Crippen LogP contribution is 2.28. The first-order chi connectivity index (χ1) is 9.06. The van der Waals surface area contributed by atoms with Crippen LogP contribution in [0, 0.1) is 0 Å². The van der Waals surface area contributed by atoms with E-state index in [4.69, 9.17) is 5.73 Å². The van der Waals surface area contributed by atoms with E-state index in [-0.39, 0.29) is 12.3 Å². The summed E-state index contributed by atoms with van der Waals surface area (Å²) in [5.74, 6) is -0.253. The summed E-state index contributed by atoms with van der Waals surface area (Å²) in [4.78, 5) is 24.4. The van der Waals surface area contributed by atoms with E-state index in [1.807, 2.05) is 13.1 Å². The maximum absolute atomic E-state index is 11.8. The van der Waals surface area contributed by atoms with E-state index in [0.29, 0.717) is 17.9 Å². The summed E-state index contributed by atoms with van der Waals surface area (Å²) in [5.41, 5.74) is 8.05. The first-order valence-electron chi connectivity index (χ1n) is 5.89. The fourth-order valence-corrected chi connectivity index (χ4v) is 2.31. The molecule has 2 heterocycles. The molecule has 19 heavy (non-hydrogen) atoms. The number of carbonyl (C=O) groups excluding carboxylic acids is 2. The molecule has 0 atom stereocenters. The zero-order valence-electron chi connectivity index (χ0n) is 10.4. The Kier molecular flexibility index (Phi) is 2.41. The standard InChI is InChI=1S/C12H13N5O2/c1-16-11-7(6-14-16)4-8(5-9(11)13)17-3-2-10(18)15-12(17)19/h4-6H,2-3,13H2,1H3,(H,15,18,19). The van der Waals surface area contributed by atoms with E-state index in [9.17, 15) is 9.59 Å². The number of anilines is 2. The Morgan fingerprint density at radius 3 is 2.89 bits per heavy atom. The molecule has 0 aliphatic carbocycles. The number of imide groups is 1. The predicted octanol–water partition coefficient (Wildman–Crippen LogP) is 0.602. The van der Waals surface area contributed by atoms with Crippen molar-refractivity contribution in [3.05, 3.63) is 18.3 Å². The van der Waals surface area contributed by atoms with Crippen LogP contribution in [0.5, 0.6) is 0 Å². The van der Waals surface area contributed by atoms with Gasteiger partial charge in [0.05, 0.1) is 17.4 Å². The van der Waals surface area contributed by atoms with Crippen molar-refractivity contribution < 1.29 is 9.59 Å². The summed E-state index contributed by atoms with van der Waals surface area (Å²) >= 11 is 0. The third-order valence-corrected chi connectivity index (χ3v) is 3.21. The molecule has 2 aromatic rings. The molecule has 0 bridgehead atoms. The molecule has 7 nitrogen and oxygen atoms in total. The number of hydrogen-bond acceptors (Lipinski definition) is 4. The van der Waals surface area contributed by atoms with E-state index in [2.05, 4.69) is 10.4 Å². The van der Waals surface area contributed by atoms with Crippen molar-refractivity contribution in [1.29, 1.82) is 0 Å². The number of fused-ring (bicyclic) bond motifs is 1. The maximum Gasteiger partial charge on any atom is 0.328 e. The van der Waals surface area contributed by atoms with Gasteiger partial charge in [0.1, 0.15) is 0 Å². The van der Waals surface area contributed by atoms with Crippen LogP contribution in [0.15, 0.2) is 18.3 Å². The molecule has 0 spiro atoms. The van der Waals surface area contributed by atoms with Crippen molar-refractivity contribution >= 4 is 34.2 Å². The van der Waals surface area contributed by atoms with Gasteiger partial charge < -0.3 is 5.73 Å². The average Bonchev–Trinajstić information content (AvgIpc) is 2.71. The number of aromatic nitrogens is 2. The van der Waals surface area contributed by atoms with Crippen LogP contribution in [0.4, 0.5) is 16.2 Å². The largest absolute Gasteiger partial charge is 0.397 e. The number of carbonyl (C=O) groups is 2. The second-order valence-electron chi connectivity index (χ2n) is 4.50. The van der Waals surface area contributed by atoms with Gasteiger partial charge >= 0.3 is 6.03 Å². The lowest BCUT2D eigenvalue weighted by molar-refractivity contribution is -0.120. The van der Waals surface area contributed by atoms with Gasteiger partial charge in [0, 0.05) is 31.1 Å². The number of nitrogen functional groups attached to an aromatic ring is 1. The molecule has 98 valence electrons. The summed E-state index contributed by atoms with van der Waals surface area (Å²) in [5, 5.41) is 7.29. The van der Waals surface area contributed by atoms with Gasteiger partial charge in [-0.15, -0.1) is 0 Å². The lowest BCUT2D eigenvalue weighted by Gasteiger charge is -2.26. The molecule has 1 saturated heterocycles. The average molecular weight is 259 g/mol. The number of nitrogens with one attached hydrogen (secondary N) is 1. The van der Waals surface area contributed by atoms with Crippen LogP contribution in [-0.2, 0) is 11.8 Å². The molecule has 0 saturated carbocycles. The van der Waals surface area contributed by atoms with Crippen LogP contribution >= 0.6 is 0 Å². The minimum absolute atomic E-state index is 0.253. The summed E-state index contributed by atoms with van der Waals surface area (Å²) in [7, 11) is 1.81. The molecule has 3 rings (SSSR count). The SMILES string of the molecule is Cn1ncc2cc(N3CCC(=O)NC3=O)cc(N)c21. The van der Waals surface area contributed by atoms with Crippen LogP contribution in [0.3, 0.4) is 0 Å². The van der Waals surface area contributed by atoms with Crippen LogP contribution in [-0.4, -0.2) is 28.3 Å². The van der Waals surface area contributed by atoms with Gasteiger partial charge in [-0.25, -0.2) is 4.79 Å². The Morgan fingerprint density at radius 1 is 1.37 bits per heavy atom. The normalized spacial score (nSPS) is 15.9. The Balaban J connectivity index is 2.06. The predicted molar refractivity (Wildman–Crippen MR) is 70.6 cm³/mol. The maximum atomic E-state index is 11.8. The van der Waals surface area contributed by atoms with Crippen molar-refractivity contribution in [2.24, 2.45) is 7.05 Å². The molecule has 1 aliphatic rings. The molecule has 3 amide bonds. The number of aryl methyl sites for hydroxylation is 1. The molecular weight excluding hydrogens is 246 g/mol. The fraction of sp³-hybridized carbons (Fsp3) is 0.250. The number of benzene rings is 1. The highest BCUT2D eigenvalue weighted by atomic mass is 16.2. The van der Waals surface area contributed by atoms with Gasteiger partial charge in [0.25, 0.3) is 0 Å². The topological polar surface area (TPSA) is 93.2 Å². The second kappa shape index (κ2) is 3.98. The van der Waals surface area contributed by atoms with Crippen LogP contribution in [0.2, 0.25) is 0 Å². The van der Waals surface area contributed by atoms with Gasteiger partial charge in [-0.2, -0.15) is 5.10 Å². The second-order valence-corrected chi connectivity index (χ2v) is 4.50. The number of nitrogens with zero attached hydrogens (tertiary/aromatic N) is 3. The van der Waals surface area contributed by atoms with E-state index < -0.39 is 6.03 Å². The first kappa shape index (κ1) is 11.5. The third-order valence-electron chi connectivity index (χ3n) is 3.21. The summed E-state index contributed by atoms with van der Waals surface area (Å²) < 4.78 is 1.69. The van der Waals surface area contributed by atoms with Gasteiger partial charge in [-0.05, 0) is 12.1 Å². The minimum Gasteiger partial charge on any atom is -0.397 e. The highest BCUT2D eigenvalue weighted by molar-refractivity contribution is 6.07. The van der Waals surface area contributed by atoms with Crippen LogP contribution < -0.4 is 16.0 Å². The molecular formula is C12H13N5O2. The summed E-state index contributed by atoms with van der Waals surface area (Å²) in [6, 6.07) is 3.15. The van der Waals surface area contributed by atoms with E-state index in [0.717, 1.165) is 10.9 Å². The van der Waals surface area contributed by atoms with Crippen molar-refractivity contribution in [2.75, 3.05) is 17.2 Å². The quantitative estimate of drug-likeness (QED) is 0.733. The highest BCUT2D eigenvalue weighted by Gasteiger charge is 2.25. The molecule has 1 aromatic carbocycles. The van der Waals surface area contributed by atoms with Crippen molar-refractivity contribution in [3.63, 3.8) is 0 Å². The molecule has 1 aromatic heterocycles. The van der Waals surface area contributed by atoms with Crippen molar-refractivity contribution in [2.45, 2.75) is 6.42 Å². The molecule has 0 radical (unpaired) electrons. The van der Waals surface area contributed by atoms with Gasteiger partial charge in [0.15, 0.2) is 0 Å². The summed E-state index contributed by atoms with van der Waals surface area (Å²) in [6.45, 7) is 0.357. The molecule has 7 heteroatoms. The monoisotopic (exact) mass is 259 g/mol. The lowest BCUT2D eigenvalue weighted by Crippen LogP contribution is -2.49. The molecule has 1 aliphatic heterocycles. The number of urea groups is 1. The Labute approximate surface area is 109 Å². The fourth-order valence-electron chi connectivity index (χ4n) is 2.31. The van der Waals surface area contributed by atoms with Crippen molar-refractivity contribution in [1.82, 2.24) is 15.1 Å². The smallest absolute Gasteiger partial charge is 0.328 e. The van der Waals surface area contributed by atoms with E-state index in [1.54, 1.807) is 16.9 Å². The van der Waals surface area contributed by atoms with Gasteiger partial charge in [0.2, 0.25) is 5.91 Å². The van der Waals surface area contributed by atoms with Gasteiger partial charge in [-0.3, -0.25) is 19.7 Å². The number of hydrogen-bond donors (Lipinski definition) is 2. The van der Waals surface area contributed by atoms with Crippen LogP contribution in [0.1, 0.15) is 6.42 Å². The Hall–Kier alpha value is -2.57. The third kappa shape index (κ3) is 1.79. The molecule has 0 unspecified atom stereocenters. The number of amides is 3. The van der Waals surface area contributed by atoms with Crippen LogP contribution in [0.25, 0.3) is 10.9 Å². The Morgan fingerprint density at radius 2 is 2.16 bits per heavy atom. The molecule has 1 fully saturated rings. The van der Waals surface area contributed by atoms with Gasteiger partial charge in [-0.1, -0.05) is 0 Å². The summed E-state index contributed by atoms with van der Waals surface area (Å²) in [6.07, 6.45) is 1.99. The first-order valence-corrected chi connectivity index (χ1v) is 5.89. The van der Waals surface area contributed by atoms with E-state index in [1.165, 1.54) is 4.90 Å². The minimum atomic E-state index is -0.418. The number of rotatable bonds is 1.